The van der Waals surface area contributed by atoms with Gasteiger partial charge in [0.25, 0.3) is 0 Å². The van der Waals surface area contributed by atoms with Crippen molar-refractivity contribution in [2.75, 3.05) is 47.1 Å². The number of nitrogens with zero attached hydrogens (tertiary/aromatic N) is 1. The van der Waals surface area contributed by atoms with E-state index in [1.54, 1.807) is 14.2 Å². The topological polar surface area (TPSA) is 54.9 Å². The van der Waals surface area contributed by atoms with E-state index in [1.807, 2.05) is 0 Å². The summed E-state index contributed by atoms with van der Waals surface area (Å²) in [7, 11) is 3.42. The fraction of sp³-hybridized carbons (Fsp3) is 0.909. The van der Waals surface area contributed by atoms with Crippen molar-refractivity contribution in [2.24, 2.45) is 4.99 Å². The SMILES string of the molecule is CCNC(=NCCCOC)NCCCOC. The molecule has 0 aliphatic heterocycles. The van der Waals surface area contributed by atoms with Crippen LogP contribution in [0.5, 0.6) is 0 Å². The maximum atomic E-state index is 4.98. The lowest BCUT2D eigenvalue weighted by Crippen LogP contribution is -2.38. The number of methoxy groups -OCH3 is 2. The third-order valence-electron chi connectivity index (χ3n) is 1.94. The molecule has 0 aromatic carbocycles. The van der Waals surface area contributed by atoms with E-state index in [4.69, 9.17) is 9.47 Å². The average Bonchev–Trinajstić information content (AvgIpc) is 2.30. The Bertz CT molecular complexity index is 175. The van der Waals surface area contributed by atoms with Gasteiger partial charge in [0.05, 0.1) is 0 Å². The van der Waals surface area contributed by atoms with Crippen molar-refractivity contribution in [1.82, 2.24) is 10.6 Å². The molecule has 0 saturated heterocycles. The highest BCUT2D eigenvalue weighted by Crippen LogP contribution is 1.83. The van der Waals surface area contributed by atoms with Crippen LogP contribution in [-0.2, 0) is 9.47 Å². The summed E-state index contributed by atoms with van der Waals surface area (Å²) >= 11 is 0. The van der Waals surface area contributed by atoms with Crippen LogP contribution in [0.25, 0.3) is 0 Å². The van der Waals surface area contributed by atoms with Gasteiger partial charge in [-0.3, -0.25) is 4.99 Å². The number of rotatable bonds is 9. The molecule has 96 valence electrons. The molecule has 0 aromatic rings. The molecule has 0 atom stereocenters. The minimum Gasteiger partial charge on any atom is -0.385 e. The van der Waals surface area contributed by atoms with Crippen LogP contribution in [0, 0.1) is 0 Å². The number of hydrogen-bond acceptors (Lipinski definition) is 3. The third kappa shape index (κ3) is 9.73. The van der Waals surface area contributed by atoms with Crippen LogP contribution >= 0.6 is 0 Å². The Kier molecular flexibility index (Phi) is 11.6. The van der Waals surface area contributed by atoms with Crippen molar-refractivity contribution < 1.29 is 9.47 Å². The summed E-state index contributed by atoms with van der Waals surface area (Å²) in [6.45, 7) is 6.13. The molecule has 0 aliphatic carbocycles. The van der Waals surface area contributed by atoms with Crippen LogP contribution in [0.4, 0.5) is 0 Å². The van der Waals surface area contributed by atoms with Crippen LogP contribution in [0.1, 0.15) is 19.8 Å². The van der Waals surface area contributed by atoms with Crippen LogP contribution in [0.2, 0.25) is 0 Å². The molecule has 0 aromatic heterocycles. The molecule has 0 saturated carbocycles. The Morgan fingerprint density at radius 2 is 1.75 bits per heavy atom. The lowest BCUT2D eigenvalue weighted by atomic mass is 10.4. The molecule has 0 fully saturated rings. The number of hydrogen-bond donors (Lipinski definition) is 2. The second-order valence-electron chi connectivity index (χ2n) is 3.38. The Balaban J connectivity index is 3.67. The Hall–Kier alpha value is -0.810. The van der Waals surface area contributed by atoms with Gasteiger partial charge in [-0.2, -0.15) is 0 Å². The van der Waals surface area contributed by atoms with E-state index in [2.05, 4.69) is 22.5 Å². The number of ether oxygens (including phenoxy) is 2. The molecular formula is C11H25N3O2. The van der Waals surface area contributed by atoms with Crippen molar-refractivity contribution in [3.63, 3.8) is 0 Å². The normalized spacial score (nSPS) is 11.6. The number of guanidine groups is 1. The molecule has 0 unspecified atom stereocenters. The first-order valence-corrected chi connectivity index (χ1v) is 5.85. The van der Waals surface area contributed by atoms with Crippen LogP contribution in [0.15, 0.2) is 4.99 Å². The largest absolute Gasteiger partial charge is 0.385 e. The van der Waals surface area contributed by atoms with Gasteiger partial charge in [0.15, 0.2) is 5.96 Å². The second-order valence-corrected chi connectivity index (χ2v) is 3.38. The zero-order valence-electron chi connectivity index (χ0n) is 10.7. The van der Waals surface area contributed by atoms with Crippen molar-refractivity contribution in [3.8, 4) is 0 Å². The molecule has 0 heterocycles. The predicted octanol–water partition coefficient (Wildman–Crippen LogP) is 0.615. The molecule has 2 N–H and O–H groups in total. The standard InChI is InChI=1S/C11H25N3O2/c1-4-12-11(13-7-5-9-15-2)14-8-6-10-16-3/h4-10H2,1-3H3,(H2,12,13,14). The van der Waals surface area contributed by atoms with Gasteiger partial charge in [-0.25, -0.2) is 0 Å². The minimum atomic E-state index is 0.757. The van der Waals surface area contributed by atoms with E-state index >= 15 is 0 Å². The zero-order chi connectivity index (χ0) is 12.1. The van der Waals surface area contributed by atoms with Gasteiger partial charge in [-0.1, -0.05) is 0 Å². The van der Waals surface area contributed by atoms with E-state index in [9.17, 15) is 0 Å². The van der Waals surface area contributed by atoms with Gasteiger partial charge in [0.2, 0.25) is 0 Å². The summed E-state index contributed by atoms with van der Waals surface area (Å²) in [6, 6.07) is 0. The molecule has 0 spiro atoms. The Morgan fingerprint density at radius 3 is 2.38 bits per heavy atom. The molecule has 0 bridgehead atoms. The molecule has 5 nitrogen and oxygen atoms in total. The molecule has 5 heteroatoms. The van der Waals surface area contributed by atoms with Gasteiger partial charge >= 0.3 is 0 Å². The monoisotopic (exact) mass is 231 g/mol. The smallest absolute Gasteiger partial charge is 0.191 e. The quantitative estimate of drug-likeness (QED) is 0.347. The maximum Gasteiger partial charge on any atom is 0.191 e. The van der Waals surface area contributed by atoms with E-state index in [1.165, 1.54) is 0 Å². The fourth-order valence-electron chi connectivity index (χ4n) is 1.16. The first kappa shape index (κ1) is 15.2. The lowest BCUT2D eigenvalue weighted by Gasteiger charge is -2.10. The van der Waals surface area contributed by atoms with Crippen molar-refractivity contribution in [1.29, 1.82) is 0 Å². The summed E-state index contributed by atoms with van der Waals surface area (Å²) in [6.07, 6.45) is 1.93. The number of nitrogens with one attached hydrogen (secondary N) is 2. The fourth-order valence-corrected chi connectivity index (χ4v) is 1.16. The Morgan fingerprint density at radius 1 is 1.06 bits per heavy atom. The van der Waals surface area contributed by atoms with Crippen LogP contribution in [-0.4, -0.2) is 53.0 Å². The zero-order valence-corrected chi connectivity index (χ0v) is 10.7. The van der Waals surface area contributed by atoms with Gasteiger partial charge < -0.3 is 20.1 Å². The average molecular weight is 231 g/mol. The Labute approximate surface area is 98.6 Å². The highest BCUT2D eigenvalue weighted by atomic mass is 16.5. The van der Waals surface area contributed by atoms with Gasteiger partial charge in [-0.05, 0) is 19.8 Å². The molecule has 0 amide bonds. The summed E-state index contributed by atoms with van der Waals surface area (Å²) in [5, 5.41) is 6.44. The van der Waals surface area contributed by atoms with E-state index in [0.717, 1.165) is 51.6 Å². The predicted molar refractivity (Wildman–Crippen MR) is 67.0 cm³/mol. The maximum absolute atomic E-state index is 4.98. The van der Waals surface area contributed by atoms with Crippen molar-refractivity contribution in [3.05, 3.63) is 0 Å². The molecule has 0 radical (unpaired) electrons. The highest BCUT2D eigenvalue weighted by molar-refractivity contribution is 5.79. The summed E-state index contributed by atoms with van der Waals surface area (Å²) < 4.78 is 9.95. The molecule has 16 heavy (non-hydrogen) atoms. The highest BCUT2D eigenvalue weighted by Gasteiger charge is 1.95. The first-order valence-electron chi connectivity index (χ1n) is 5.85. The lowest BCUT2D eigenvalue weighted by molar-refractivity contribution is 0.195. The summed E-state index contributed by atoms with van der Waals surface area (Å²) in [5.74, 6) is 0.870. The van der Waals surface area contributed by atoms with Gasteiger partial charge in [0.1, 0.15) is 0 Å². The van der Waals surface area contributed by atoms with Crippen LogP contribution < -0.4 is 10.6 Å². The number of aliphatic imine (C=N–C) groups is 1. The van der Waals surface area contributed by atoms with E-state index < -0.39 is 0 Å². The van der Waals surface area contributed by atoms with Crippen molar-refractivity contribution in [2.45, 2.75) is 19.8 Å². The molecule has 0 rings (SSSR count). The van der Waals surface area contributed by atoms with E-state index in [-0.39, 0.29) is 0 Å². The summed E-state index contributed by atoms with van der Waals surface area (Å²) in [4.78, 5) is 4.42. The van der Waals surface area contributed by atoms with Crippen molar-refractivity contribution >= 4 is 5.96 Å². The van der Waals surface area contributed by atoms with Crippen LogP contribution in [0.3, 0.4) is 0 Å². The second kappa shape index (κ2) is 12.3. The van der Waals surface area contributed by atoms with Gasteiger partial charge in [-0.15, -0.1) is 0 Å². The minimum absolute atomic E-state index is 0.757. The molecular weight excluding hydrogens is 206 g/mol. The van der Waals surface area contributed by atoms with E-state index in [0.29, 0.717) is 0 Å². The third-order valence-corrected chi connectivity index (χ3v) is 1.94. The summed E-state index contributed by atoms with van der Waals surface area (Å²) in [5.41, 5.74) is 0. The van der Waals surface area contributed by atoms with Gasteiger partial charge in [0, 0.05) is 47.1 Å². The first-order chi connectivity index (χ1) is 7.85. The molecule has 0 aliphatic rings.